The summed E-state index contributed by atoms with van der Waals surface area (Å²) in [5.41, 5.74) is 0.946. The van der Waals surface area contributed by atoms with Gasteiger partial charge in [-0.3, -0.25) is 4.79 Å². The Balaban J connectivity index is 2.57. The minimum Gasteiger partial charge on any atom is -0.437 e. The summed E-state index contributed by atoms with van der Waals surface area (Å²) in [5, 5.41) is 9.61. The Hall–Kier alpha value is -2.67. The van der Waals surface area contributed by atoms with Gasteiger partial charge in [-0.25, -0.2) is 4.98 Å². The molecule has 0 unspecified atom stereocenters. The molecule has 0 spiro atoms. The van der Waals surface area contributed by atoms with Crippen LogP contribution in [-0.2, 0) is 0 Å². The number of pyridine rings is 1. The predicted molar refractivity (Wildman–Crippen MR) is 62.5 cm³/mol. The Labute approximate surface area is 95.7 Å². The van der Waals surface area contributed by atoms with Crippen LogP contribution < -0.4 is 5.43 Å². The summed E-state index contributed by atoms with van der Waals surface area (Å²) in [5.74, 6) is 0. The second kappa shape index (κ2) is 3.42. The van der Waals surface area contributed by atoms with Crippen molar-refractivity contribution in [3.05, 3.63) is 52.3 Å². The highest BCUT2D eigenvalue weighted by Crippen LogP contribution is 2.16. The number of fused-ring (bicyclic) bond motifs is 2. The maximum Gasteiger partial charge on any atom is 0.230 e. The summed E-state index contributed by atoms with van der Waals surface area (Å²) in [6.07, 6.45) is 1.39. The van der Waals surface area contributed by atoms with Gasteiger partial charge in [0.15, 0.2) is 0 Å². The molecule has 1 aromatic carbocycles. The van der Waals surface area contributed by atoms with Crippen molar-refractivity contribution in [2.24, 2.45) is 0 Å². The van der Waals surface area contributed by atoms with E-state index in [-0.39, 0.29) is 11.1 Å². The molecule has 0 N–H and O–H groups in total. The molecule has 4 nitrogen and oxygen atoms in total. The zero-order valence-electron chi connectivity index (χ0n) is 8.68. The van der Waals surface area contributed by atoms with Gasteiger partial charge in [-0.1, -0.05) is 12.1 Å². The highest BCUT2D eigenvalue weighted by Gasteiger charge is 2.08. The van der Waals surface area contributed by atoms with Crippen molar-refractivity contribution in [1.82, 2.24) is 4.98 Å². The van der Waals surface area contributed by atoms with Gasteiger partial charge >= 0.3 is 0 Å². The number of aromatic nitrogens is 1. The van der Waals surface area contributed by atoms with Crippen molar-refractivity contribution >= 4 is 22.1 Å². The third-order valence-corrected chi connectivity index (χ3v) is 2.56. The van der Waals surface area contributed by atoms with Crippen LogP contribution in [0.1, 0.15) is 5.56 Å². The van der Waals surface area contributed by atoms with Crippen molar-refractivity contribution in [1.29, 1.82) is 5.26 Å². The quantitative estimate of drug-likeness (QED) is 0.547. The van der Waals surface area contributed by atoms with Gasteiger partial charge in [-0.15, -0.1) is 0 Å². The summed E-state index contributed by atoms with van der Waals surface area (Å²) >= 11 is 0. The van der Waals surface area contributed by atoms with Crippen molar-refractivity contribution in [2.45, 2.75) is 0 Å². The maximum absolute atomic E-state index is 12.1. The highest BCUT2D eigenvalue weighted by molar-refractivity contribution is 5.88. The monoisotopic (exact) mass is 222 g/mol. The normalized spacial score (nSPS) is 10.5. The van der Waals surface area contributed by atoms with Crippen LogP contribution in [0.5, 0.6) is 0 Å². The molecule has 0 fully saturated rings. The fourth-order valence-electron chi connectivity index (χ4n) is 1.75. The van der Waals surface area contributed by atoms with Crippen molar-refractivity contribution < 1.29 is 4.42 Å². The first kappa shape index (κ1) is 9.55. The summed E-state index contributed by atoms with van der Waals surface area (Å²) < 4.78 is 5.51. The summed E-state index contributed by atoms with van der Waals surface area (Å²) in [7, 11) is 0. The Bertz CT molecular complexity index is 828. The fraction of sp³-hybridized carbons (Fsp3) is 0. The lowest BCUT2D eigenvalue weighted by atomic mass is 10.1. The number of nitrogens with zero attached hydrogens (tertiary/aromatic N) is 2. The van der Waals surface area contributed by atoms with Crippen molar-refractivity contribution in [3.8, 4) is 6.07 Å². The molecule has 3 aromatic rings. The second-order valence-electron chi connectivity index (χ2n) is 3.62. The van der Waals surface area contributed by atoms with E-state index >= 15 is 0 Å². The Morgan fingerprint density at radius 2 is 2.06 bits per heavy atom. The molecule has 0 aliphatic carbocycles. The fourth-order valence-corrected chi connectivity index (χ4v) is 1.75. The number of hydrogen-bond acceptors (Lipinski definition) is 4. The Kier molecular flexibility index (Phi) is 1.92. The average Bonchev–Trinajstić information content (AvgIpc) is 2.39. The van der Waals surface area contributed by atoms with Crippen LogP contribution in [0.3, 0.4) is 0 Å². The van der Waals surface area contributed by atoms with Crippen molar-refractivity contribution in [3.63, 3.8) is 0 Å². The lowest BCUT2D eigenvalue weighted by Gasteiger charge is -1.99. The zero-order chi connectivity index (χ0) is 11.8. The van der Waals surface area contributed by atoms with Gasteiger partial charge in [0.25, 0.3) is 0 Å². The van der Waals surface area contributed by atoms with E-state index in [1.165, 1.54) is 12.3 Å². The van der Waals surface area contributed by atoms with Crippen LogP contribution in [0.15, 0.2) is 45.7 Å². The van der Waals surface area contributed by atoms with Crippen molar-refractivity contribution in [2.75, 3.05) is 0 Å². The molecule has 17 heavy (non-hydrogen) atoms. The highest BCUT2D eigenvalue weighted by atomic mass is 16.3. The van der Waals surface area contributed by atoms with E-state index in [1.807, 2.05) is 6.07 Å². The summed E-state index contributed by atoms with van der Waals surface area (Å²) in [6, 6.07) is 10.4. The molecule has 3 rings (SSSR count). The molecule has 4 heteroatoms. The molecule has 0 bridgehead atoms. The topological polar surface area (TPSA) is 66.9 Å². The SMILES string of the molecule is N#Cc1cnc2oc3ccccc3c(=O)c2c1. The van der Waals surface area contributed by atoms with E-state index in [2.05, 4.69) is 4.98 Å². The molecule has 0 aliphatic heterocycles. The number of rotatable bonds is 0. The van der Waals surface area contributed by atoms with Crippen LogP contribution >= 0.6 is 0 Å². The molecule has 80 valence electrons. The Morgan fingerprint density at radius 3 is 2.88 bits per heavy atom. The third-order valence-electron chi connectivity index (χ3n) is 2.56. The first-order chi connectivity index (χ1) is 8.29. The zero-order valence-corrected chi connectivity index (χ0v) is 8.68. The first-order valence-electron chi connectivity index (χ1n) is 5.01. The lowest BCUT2D eigenvalue weighted by Crippen LogP contribution is -2.03. The second-order valence-corrected chi connectivity index (χ2v) is 3.62. The standard InChI is InChI=1S/C13H6N2O2/c14-6-8-5-10-12(16)9-3-1-2-4-11(9)17-13(10)15-7-8/h1-5,7H. The van der Waals surface area contributed by atoms with Crippen LogP contribution in [0, 0.1) is 11.3 Å². The van der Waals surface area contributed by atoms with Gasteiger partial charge in [0.2, 0.25) is 11.1 Å². The number of para-hydroxylation sites is 1. The van der Waals surface area contributed by atoms with Gasteiger partial charge in [-0.05, 0) is 18.2 Å². The first-order valence-corrected chi connectivity index (χ1v) is 5.01. The van der Waals surface area contributed by atoms with E-state index in [4.69, 9.17) is 9.68 Å². The van der Waals surface area contributed by atoms with Gasteiger partial charge in [0.05, 0.1) is 16.3 Å². The van der Waals surface area contributed by atoms with Gasteiger partial charge in [0, 0.05) is 6.20 Å². The average molecular weight is 222 g/mol. The number of benzene rings is 1. The molecule has 0 saturated heterocycles. The van der Waals surface area contributed by atoms with Crippen LogP contribution in [0.4, 0.5) is 0 Å². The van der Waals surface area contributed by atoms with Crippen LogP contribution in [-0.4, -0.2) is 4.98 Å². The van der Waals surface area contributed by atoms with Crippen LogP contribution in [0.25, 0.3) is 22.1 Å². The summed E-state index contributed by atoms with van der Waals surface area (Å²) in [6.45, 7) is 0. The van der Waals surface area contributed by atoms with Gasteiger partial charge in [-0.2, -0.15) is 5.26 Å². The molecule has 2 aromatic heterocycles. The molecular weight excluding hydrogens is 216 g/mol. The molecule has 0 atom stereocenters. The molecule has 0 saturated carbocycles. The number of hydrogen-bond donors (Lipinski definition) is 0. The molecular formula is C13H6N2O2. The lowest BCUT2D eigenvalue weighted by molar-refractivity contribution is 0.644. The van der Waals surface area contributed by atoms with E-state index in [1.54, 1.807) is 24.3 Å². The smallest absolute Gasteiger partial charge is 0.230 e. The molecule has 0 amide bonds. The minimum absolute atomic E-state index is 0.161. The maximum atomic E-state index is 12.1. The van der Waals surface area contributed by atoms with Gasteiger partial charge < -0.3 is 4.42 Å². The Morgan fingerprint density at radius 1 is 1.24 bits per heavy atom. The van der Waals surface area contributed by atoms with E-state index in [0.29, 0.717) is 21.9 Å². The summed E-state index contributed by atoms with van der Waals surface area (Å²) in [4.78, 5) is 16.1. The number of nitriles is 1. The van der Waals surface area contributed by atoms with Crippen LogP contribution in [0.2, 0.25) is 0 Å². The van der Waals surface area contributed by atoms with E-state index in [0.717, 1.165) is 0 Å². The van der Waals surface area contributed by atoms with Gasteiger partial charge in [0.1, 0.15) is 11.7 Å². The van der Waals surface area contributed by atoms with E-state index < -0.39 is 0 Å². The minimum atomic E-state index is -0.161. The molecule has 0 aliphatic rings. The van der Waals surface area contributed by atoms with E-state index in [9.17, 15) is 4.79 Å². The molecule has 2 heterocycles. The third kappa shape index (κ3) is 1.37. The molecule has 0 radical (unpaired) electrons. The predicted octanol–water partition coefficient (Wildman–Crippen LogP) is 2.21. The largest absolute Gasteiger partial charge is 0.437 e.